The van der Waals surface area contributed by atoms with Gasteiger partial charge in [-0.15, -0.1) is 0 Å². The van der Waals surface area contributed by atoms with Crippen molar-refractivity contribution in [1.29, 1.82) is 0 Å². The molecular weight excluding hydrogens is 274 g/mol. The molecule has 2 rings (SSSR count). The third kappa shape index (κ3) is 4.08. The van der Waals surface area contributed by atoms with E-state index in [1.54, 1.807) is 0 Å². The molecule has 1 aliphatic heterocycles. The first-order valence-electron chi connectivity index (χ1n) is 8.16. The van der Waals surface area contributed by atoms with Gasteiger partial charge < -0.3 is 5.32 Å². The number of likely N-dealkylation sites (tertiary alicyclic amines) is 1. The lowest BCUT2D eigenvalue weighted by molar-refractivity contribution is -0.126. The molecule has 1 aromatic rings. The number of benzene rings is 1. The Bertz CT molecular complexity index is 478. The molecule has 1 heterocycles. The lowest BCUT2D eigenvalue weighted by Crippen LogP contribution is -2.51. The van der Waals surface area contributed by atoms with E-state index in [2.05, 4.69) is 24.1 Å². The standard InChI is InChI=1S/C18H29N3O/c1-18(2,21-12-8-9-13-21)14-19-17(22)16(20(3)4)15-10-6-5-7-11-15/h5-7,10-11,16H,8-9,12-14H2,1-4H3,(H,19,22). The normalized spacial score (nSPS) is 17.7. The van der Waals surface area contributed by atoms with Crippen molar-refractivity contribution in [2.24, 2.45) is 0 Å². The highest BCUT2D eigenvalue weighted by molar-refractivity contribution is 5.83. The molecule has 1 atom stereocenters. The van der Waals surface area contributed by atoms with Crippen molar-refractivity contribution in [3.63, 3.8) is 0 Å². The zero-order valence-electron chi connectivity index (χ0n) is 14.3. The molecule has 22 heavy (non-hydrogen) atoms. The van der Waals surface area contributed by atoms with Gasteiger partial charge in [0.2, 0.25) is 5.91 Å². The Hall–Kier alpha value is -1.39. The molecule has 4 heteroatoms. The van der Waals surface area contributed by atoms with Crippen molar-refractivity contribution >= 4 is 5.91 Å². The summed E-state index contributed by atoms with van der Waals surface area (Å²) in [6, 6.07) is 9.72. The SMILES string of the molecule is CN(C)C(C(=O)NCC(C)(C)N1CCCC1)c1ccccc1. The average molecular weight is 303 g/mol. The van der Waals surface area contributed by atoms with Crippen LogP contribution >= 0.6 is 0 Å². The van der Waals surface area contributed by atoms with Gasteiger partial charge >= 0.3 is 0 Å². The second-order valence-corrected chi connectivity index (χ2v) is 7.00. The molecule has 4 nitrogen and oxygen atoms in total. The van der Waals surface area contributed by atoms with Gasteiger partial charge in [-0.3, -0.25) is 14.6 Å². The highest BCUT2D eigenvalue weighted by Crippen LogP contribution is 2.22. The molecule has 1 fully saturated rings. The van der Waals surface area contributed by atoms with Gasteiger partial charge in [-0.2, -0.15) is 0 Å². The van der Waals surface area contributed by atoms with Crippen LogP contribution in [0, 0.1) is 0 Å². The maximum Gasteiger partial charge on any atom is 0.242 e. The molecule has 1 amide bonds. The number of hydrogen-bond acceptors (Lipinski definition) is 3. The number of likely N-dealkylation sites (N-methyl/N-ethyl adjacent to an activating group) is 1. The summed E-state index contributed by atoms with van der Waals surface area (Å²) < 4.78 is 0. The summed E-state index contributed by atoms with van der Waals surface area (Å²) in [5, 5.41) is 3.16. The third-order valence-electron chi connectivity index (χ3n) is 4.54. The Morgan fingerprint density at radius 2 is 1.82 bits per heavy atom. The highest BCUT2D eigenvalue weighted by Gasteiger charge is 2.31. The molecule has 1 N–H and O–H groups in total. The predicted octanol–water partition coefficient (Wildman–Crippen LogP) is 2.28. The summed E-state index contributed by atoms with van der Waals surface area (Å²) >= 11 is 0. The molecule has 0 bridgehead atoms. The molecule has 0 saturated carbocycles. The molecule has 0 aliphatic carbocycles. The van der Waals surface area contributed by atoms with Crippen LogP contribution in [0.1, 0.15) is 38.3 Å². The van der Waals surface area contributed by atoms with Gasteiger partial charge in [-0.05, 0) is 59.4 Å². The van der Waals surface area contributed by atoms with Crippen LogP contribution in [-0.2, 0) is 4.79 Å². The van der Waals surface area contributed by atoms with Gasteiger partial charge in [0, 0.05) is 12.1 Å². The summed E-state index contributed by atoms with van der Waals surface area (Å²) in [4.78, 5) is 17.1. The topological polar surface area (TPSA) is 35.6 Å². The van der Waals surface area contributed by atoms with Crippen molar-refractivity contribution < 1.29 is 4.79 Å². The van der Waals surface area contributed by atoms with Crippen molar-refractivity contribution in [2.75, 3.05) is 33.7 Å². The number of rotatable bonds is 6. The number of amides is 1. The minimum atomic E-state index is -0.240. The molecule has 1 saturated heterocycles. The monoisotopic (exact) mass is 303 g/mol. The van der Waals surface area contributed by atoms with Crippen LogP contribution in [0.4, 0.5) is 0 Å². The largest absolute Gasteiger partial charge is 0.353 e. The summed E-state index contributed by atoms with van der Waals surface area (Å²) in [6.45, 7) is 7.39. The van der Waals surface area contributed by atoms with E-state index in [1.165, 1.54) is 12.8 Å². The van der Waals surface area contributed by atoms with Gasteiger partial charge in [0.1, 0.15) is 6.04 Å². The molecule has 1 aliphatic rings. The molecule has 1 unspecified atom stereocenters. The molecule has 1 aromatic carbocycles. The van der Waals surface area contributed by atoms with Gasteiger partial charge in [0.05, 0.1) is 0 Å². The highest BCUT2D eigenvalue weighted by atomic mass is 16.2. The molecule has 0 aromatic heterocycles. The predicted molar refractivity (Wildman–Crippen MR) is 90.8 cm³/mol. The molecular formula is C18H29N3O. The van der Waals surface area contributed by atoms with Crippen molar-refractivity contribution in [3.8, 4) is 0 Å². The van der Waals surface area contributed by atoms with E-state index >= 15 is 0 Å². The zero-order chi connectivity index (χ0) is 16.2. The number of nitrogens with zero attached hydrogens (tertiary/aromatic N) is 2. The van der Waals surface area contributed by atoms with E-state index in [4.69, 9.17) is 0 Å². The molecule has 0 radical (unpaired) electrons. The quantitative estimate of drug-likeness (QED) is 0.876. The summed E-state index contributed by atoms with van der Waals surface area (Å²) in [7, 11) is 3.89. The number of carbonyl (C=O) groups excluding carboxylic acids is 1. The summed E-state index contributed by atoms with van der Waals surface area (Å²) in [6.07, 6.45) is 2.53. The second-order valence-electron chi connectivity index (χ2n) is 7.00. The molecule has 122 valence electrons. The first-order chi connectivity index (χ1) is 10.4. The Morgan fingerprint density at radius 3 is 2.36 bits per heavy atom. The molecule has 0 spiro atoms. The minimum absolute atomic E-state index is 0.0136. The third-order valence-corrected chi connectivity index (χ3v) is 4.54. The van der Waals surface area contributed by atoms with Crippen molar-refractivity contribution in [3.05, 3.63) is 35.9 Å². The fraction of sp³-hybridized carbons (Fsp3) is 0.611. The van der Waals surface area contributed by atoms with E-state index in [1.807, 2.05) is 49.3 Å². The van der Waals surface area contributed by atoms with Gasteiger partial charge in [-0.1, -0.05) is 30.3 Å². The van der Waals surface area contributed by atoms with Gasteiger partial charge in [0.15, 0.2) is 0 Å². The number of hydrogen-bond donors (Lipinski definition) is 1. The lowest BCUT2D eigenvalue weighted by atomic mass is 10.0. The summed E-state index contributed by atoms with van der Waals surface area (Å²) in [5.41, 5.74) is 1.05. The van der Waals surface area contributed by atoms with Crippen LogP contribution in [0.5, 0.6) is 0 Å². The van der Waals surface area contributed by atoms with Gasteiger partial charge in [0.25, 0.3) is 0 Å². The first kappa shape index (κ1) is 17.0. The van der Waals surface area contributed by atoms with Gasteiger partial charge in [-0.25, -0.2) is 0 Å². The van der Waals surface area contributed by atoms with E-state index in [-0.39, 0.29) is 17.5 Å². The van der Waals surface area contributed by atoms with Crippen LogP contribution in [0.2, 0.25) is 0 Å². The van der Waals surface area contributed by atoms with Crippen LogP contribution in [-0.4, -0.2) is 55.0 Å². The average Bonchev–Trinajstić information content (AvgIpc) is 3.01. The van der Waals surface area contributed by atoms with Crippen molar-refractivity contribution in [2.45, 2.75) is 38.3 Å². The second kappa shape index (κ2) is 7.25. The number of carbonyl (C=O) groups is 1. The van der Waals surface area contributed by atoms with E-state index in [0.29, 0.717) is 6.54 Å². The Kier molecular flexibility index (Phi) is 5.59. The van der Waals surface area contributed by atoms with E-state index in [0.717, 1.165) is 18.7 Å². The van der Waals surface area contributed by atoms with Crippen molar-refractivity contribution in [1.82, 2.24) is 15.1 Å². The fourth-order valence-corrected chi connectivity index (χ4v) is 3.15. The fourth-order valence-electron chi connectivity index (χ4n) is 3.15. The maximum absolute atomic E-state index is 12.7. The Morgan fingerprint density at radius 1 is 1.23 bits per heavy atom. The van der Waals surface area contributed by atoms with Crippen LogP contribution in [0.15, 0.2) is 30.3 Å². The lowest BCUT2D eigenvalue weighted by Gasteiger charge is -2.36. The number of nitrogens with one attached hydrogen (secondary N) is 1. The zero-order valence-corrected chi connectivity index (χ0v) is 14.3. The maximum atomic E-state index is 12.7. The van der Waals surface area contributed by atoms with E-state index < -0.39 is 0 Å². The summed E-state index contributed by atoms with van der Waals surface area (Å²) in [5.74, 6) is 0.0727. The Labute approximate surface area is 134 Å². The first-order valence-corrected chi connectivity index (χ1v) is 8.16. The Balaban J connectivity index is 2.00. The van der Waals surface area contributed by atoms with E-state index in [9.17, 15) is 4.79 Å². The smallest absolute Gasteiger partial charge is 0.242 e. The van der Waals surface area contributed by atoms with Crippen LogP contribution < -0.4 is 5.32 Å². The van der Waals surface area contributed by atoms with Crippen LogP contribution in [0.3, 0.4) is 0 Å². The minimum Gasteiger partial charge on any atom is -0.353 e. The van der Waals surface area contributed by atoms with Crippen LogP contribution in [0.25, 0.3) is 0 Å².